The Morgan fingerprint density at radius 2 is 2.22 bits per heavy atom. The summed E-state index contributed by atoms with van der Waals surface area (Å²) in [5.74, 6) is 1.26. The minimum absolute atomic E-state index is 0.00776. The average molecular weight is 253 g/mol. The van der Waals surface area contributed by atoms with Gasteiger partial charge in [-0.3, -0.25) is 4.79 Å². The Labute approximate surface area is 107 Å². The predicted octanol–water partition coefficient (Wildman–Crippen LogP) is 1.09. The first kappa shape index (κ1) is 14.3. The number of hydrogen-bond acceptors (Lipinski definition) is 4. The van der Waals surface area contributed by atoms with E-state index in [2.05, 4.69) is 5.32 Å². The SMILES string of the molecule is CNC(=O)CCCOc1cc(OC)ccc1CO. The van der Waals surface area contributed by atoms with Gasteiger partial charge in [-0.05, 0) is 18.6 Å². The molecule has 0 aliphatic rings. The average Bonchev–Trinajstić information content (AvgIpc) is 2.42. The van der Waals surface area contributed by atoms with Crippen LogP contribution in [-0.4, -0.2) is 31.8 Å². The van der Waals surface area contributed by atoms with Crippen molar-refractivity contribution < 1.29 is 19.4 Å². The summed E-state index contributed by atoms with van der Waals surface area (Å²) in [5.41, 5.74) is 0.704. The van der Waals surface area contributed by atoms with E-state index in [9.17, 15) is 9.90 Å². The van der Waals surface area contributed by atoms with Crippen molar-refractivity contribution in [3.8, 4) is 11.5 Å². The fourth-order valence-electron chi connectivity index (χ4n) is 1.47. The molecule has 1 rings (SSSR count). The van der Waals surface area contributed by atoms with Crippen molar-refractivity contribution in [2.45, 2.75) is 19.4 Å². The summed E-state index contributed by atoms with van der Waals surface area (Å²) in [6.45, 7) is 0.336. The Kier molecular flexibility index (Phi) is 6.00. The van der Waals surface area contributed by atoms with Crippen LogP contribution in [-0.2, 0) is 11.4 Å². The van der Waals surface area contributed by atoms with Crippen LogP contribution in [0.15, 0.2) is 18.2 Å². The van der Waals surface area contributed by atoms with Crippen LogP contribution in [0.1, 0.15) is 18.4 Å². The number of carbonyl (C=O) groups is 1. The van der Waals surface area contributed by atoms with E-state index in [0.29, 0.717) is 36.5 Å². The summed E-state index contributed by atoms with van der Waals surface area (Å²) in [7, 11) is 3.18. The van der Waals surface area contributed by atoms with E-state index in [1.807, 2.05) is 0 Å². The third-order valence-electron chi connectivity index (χ3n) is 2.53. The molecule has 0 radical (unpaired) electrons. The van der Waals surface area contributed by atoms with Gasteiger partial charge in [-0.2, -0.15) is 0 Å². The molecule has 2 N–H and O–H groups in total. The Morgan fingerprint density at radius 1 is 1.44 bits per heavy atom. The first-order valence-corrected chi connectivity index (χ1v) is 5.82. The van der Waals surface area contributed by atoms with E-state index in [1.165, 1.54) is 0 Å². The van der Waals surface area contributed by atoms with Gasteiger partial charge in [0.25, 0.3) is 0 Å². The third kappa shape index (κ3) is 4.25. The van der Waals surface area contributed by atoms with Crippen LogP contribution < -0.4 is 14.8 Å². The predicted molar refractivity (Wildman–Crippen MR) is 67.7 cm³/mol. The molecule has 0 spiro atoms. The second-order valence-corrected chi connectivity index (χ2v) is 3.76. The molecule has 18 heavy (non-hydrogen) atoms. The molecule has 0 aliphatic carbocycles. The summed E-state index contributed by atoms with van der Waals surface area (Å²) in [5, 5.41) is 11.7. The van der Waals surface area contributed by atoms with Crippen molar-refractivity contribution in [3.05, 3.63) is 23.8 Å². The minimum atomic E-state index is -0.0885. The first-order valence-electron chi connectivity index (χ1n) is 5.82. The van der Waals surface area contributed by atoms with Gasteiger partial charge in [0.2, 0.25) is 5.91 Å². The van der Waals surface area contributed by atoms with Gasteiger partial charge in [-0.25, -0.2) is 0 Å². The molecular weight excluding hydrogens is 234 g/mol. The summed E-state index contributed by atoms with van der Waals surface area (Å²) in [6, 6.07) is 5.25. The maximum Gasteiger partial charge on any atom is 0.219 e. The highest BCUT2D eigenvalue weighted by Crippen LogP contribution is 2.25. The molecule has 0 atom stereocenters. The number of aliphatic hydroxyl groups is 1. The van der Waals surface area contributed by atoms with Crippen molar-refractivity contribution in [1.29, 1.82) is 0 Å². The Balaban J connectivity index is 2.52. The second-order valence-electron chi connectivity index (χ2n) is 3.76. The molecule has 100 valence electrons. The van der Waals surface area contributed by atoms with E-state index >= 15 is 0 Å². The minimum Gasteiger partial charge on any atom is -0.497 e. The lowest BCUT2D eigenvalue weighted by Crippen LogP contribution is -2.18. The first-order chi connectivity index (χ1) is 8.71. The van der Waals surface area contributed by atoms with E-state index in [1.54, 1.807) is 32.4 Å². The standard InChI is InChI=1S/C13H19NO4/c1-14-13(16)4-3-7-18-12-8-11(17-2)6-5-10(12)9-15/h5-6,8,15H,3-4,7,9H2,1-2H3,(H,14,16). The second kappa shape index (κ2) is 7.55. The summed E-state index contributed by atoms with van der Waals surface area (Å²) < 4.78 is 10.6. The Hall–Kier alpha value is -1.75. The Morgan fingerprint density at radius 3 is 2.83 bits per heavy atom. The fraction of sp³-hybridized carbons (Fsp3) is 0.462. The Bertz CT molecular complexity index is 393. The quantitative estimate of drug-likeness (QED) is 0.714. The van der Waals surface area contributed by atoms with Crippen LogP contribution in [0.5, 0.6) is 11.5 Å². The zero-order chi connectivity index (χ0) is 13.4. The maximum atomic E-state index is 11.0. The molecule has 0 saturated carbocycles. The number of aliphatic hydroxyl groups excluding tert-OH is 1. The molecule has 0 fully saturated rings. The number of carbonyl (C=O) groups excluding carboxylic acids is 1. The fourth-order valence-corrected chi connectivity index (χ4v) is 1.47. The van der Waals surface area contributed by atoms with Crippen LogP contribution in [0.2, 0.25) is 0 Å². The number of rotatable bonds is 7. The van der Waals surface area contributed by atoms with Gasteiger partial charge in [-0.1, -0.05) is 0 Å². The summed E-state index contributed by atoms with van der Waals surface area (Å²) in [4.78, 5) is 11.0. The molecule has 0 aromatic heterocycles. The van der Waals surface area contributed by atoms with Crippen LogP contribution in [0.25, 0.3) is 0 Å². The van der Waals surface area contributed by atoms with Gasteiger partial charge in [0, 0.05) is 25.1 Å². The maximum absolute atomic E-state index is 11.0. The summed E-state index contributed by atoms with van der Waals surface area (Å²) >= 11 is 0. The van der Waals surface area contributed by atoms with Crippen LogP contribution >= 0.6 is 0 Å². The number of methoxy groups -OCH3 is 1. The number of benzene rings is 1. The molecule has 1 aromatic rings. The molecular formula is C13H19NO4. The highest BCUT2D eigenvalue weighted by molar-refractivity contribution is 5.75. The molecule has 0 bridgehead atoms. The molecule has 0 heterocycles. The zero-order valence-electron chi connectivity index (χ0n) is 10.7. The van der Waals surface area contributed by atoms with Crippen LogP contribution in [0.4, 0.5) is 0 Å². The largest absolute Gasteiger partial charge is 0.497 e. The number of hydrogen-bond donors (Lipinski definition) is 2. The van der Waals surface area contributed by atoms with Crippen molar-refractivity contribution in [1.82, 2.24) is 5.32 Å². The summed E-state index contributed by atoms with van der Waals surface area (Å²) in [6.07, 6.45) is 1.05. The van der Waals surface area contributed by atoms with Crippen molar-refractivity contribution in [2.24, 2.45) is 0 Å². The lowest BCUT2D eigenvalue weighted by atomic mass is 10.2. The number of amides is 1. The van der Waals surface area contributed by atoms with E-state index in [0.717, 1.165) is 0 Å². The normalized spacial score (nSPS) is 9.94. The molecule has 5 nitrogen and oxygen atoms in total. The van der Waals surface area contributed by atoms with E-state index in [4.69, 9.17) is 9.47 Å². The van der Waals surface area contributed by atoms with E-state index < -0.39 is 0 Å². The van der Waals surface area contributed by atoms with Gasteiger partial charge in [0.15, 0.2) is 0 Å². The van der Waals surface area contributed by atoms with Crippen LogP contribution in [0.3, 0.4) is 0 Å². The van der Waals surface area contributed by atoms with Gasteiger partial charge >= 0.3 is 0 Å². The van der Waals surface area contributed by atoms with Crippen LogP contribution in [0, 0.1) is 0 Å². The monoisotopic (exact) mass is 253 g/mol. The molecule has 0 aliphatic heterocycles. The van der Waals surface area contributed by atoms with Crippen molar-refractivity contribution in [3.63, 3.8) is 0 Å². The highest BCUT2D eigenvalue weighted by atomic mass is 16.5. The lowest BCUT2D eigenvalue weighted by molar-refractivity contribution is -0.120. The molecule has 1 aromatic carbocycles. The van der Waals surface area contributed by atoms with Gasteiger partial charge in [-0.15, -0.1) is 0 Å². The zero-order valence-corrected chi connectivity index (χ0v) is 10.7. The van der Waals surface area contributed by atoms with Crippen molar-refractivity contribution in [2.75, 3.05) is 20.8 Å². The highest BCUT2D eigenvalue weighted by Gasteiger charge is 2.05. The van der Waals surface area contributed by atoms with Gasteiger partial charge < -0.3 is 19.9 Å². The molecule has 1 amide bonds. The number of nitrogens with one attached hydrogen (secondary N) is 1. The smallest absolute Gasteiger partial charge is 0.219 e. The van der Waals surface area contributed by atoms with Crippen molar-refractivity contribution >= 4 is 5.91 Å². The number of ether oxygens (including phenoxy) is 2. The topological polar surface area (TPSA) is 67.8 Å². The van der Waals surface area contributed by atoms with E-state index in [-0.39, 0.29) is 12.5 Å². The third-order valence-corrected chi connectivity index (χ3v) is 2.53. The van der Waals surface area contributed by atoms with Gasteiger partial charge in [0.05, 0.1) is 20.3 Å². The van der Waals surface area contributed by atoms with Gasteiger partial charge in [0.1, 0.15) is 11.5 Å². The molecule has 0 unspecified atom stereocenters. The molecule has 5 heteroatoms. The molecule has 0 saturated heterocycles. The lowest BCUT2D eigenvalue weighted by Gasteiger charge is -2.11.